The first-order chi connectivity index (χ1) is 17.8. The van der Waals surface area contributed by atoms with E-state index in [1.807, 2.05) is 18.2 Å². The molecule has 0 fully saturated rings. The van der Waals surface area contributed by atoms with Crippen LogP contribution in [0.1, 0.15) is 37.9 Å². The minimum absolute atomic E-state index is 0.0885. The fraction of sp³-hybridized carbons (Fsp3) is 0.154. The molecule has 37 heavy (non-hydrogen) atoms. The maximum Gasteiger partial charge on any atom is 0.314 e. The van der Waals surface area contributed by atoms with E-state index in [9.17, 15) is 27.6 Å². The Morgan fingerprint density at radius 1 is 0.784 bits per heavy atom. The molecule has 3 aromatic carbocycles. The van der Waals surface area contributed by atoms with E-state index >= 15 is 0 Å². The van der Waals surface area contributed by atoms with Gasteiger partial charge in [0, 0.05) is 6.54 Å². The van der Waals surface area contributed by atoms with E-state index in [0.29, 0.717) is 23.1 Å². The highest BCUT2D eigenvalue weighted by Gasteiger charge is 2.42. The number of aromatic amines is 2. The third kappa shape index (κ3) is 3.62. The molecule has 0 bridgehead atoms. The predicted octanol–water partition coefficient (Wildman–Crippen LogP) is 1.80. The van der Waals surface area contributed by atoms with Crippen molar-refractivity contribution in [3.05, 3.63) is 110 Å². The van der Waals surface area contributed by atoms with Crippen LogP contribution in [-0.4, -0.2) is 52.5 Å². The number of nitrogens with one attached hydrogen (secondary N) is 2. The Morgan fingerprint density at radius 3 is 2.11 bits per heavy atom. The Bertz CT molecular complexity index is 1810. The molecule has 3 heterocycles. The summed E-state index contributed by atoms with van der Waals surface area (Å²) in [6.45, 7) is -0.0202. The van der Waals surface area contributed by atoms with Crippen molar-refractivity contribution in [2.24, 2.45) is 0 Å². The Hall–Kier alpha value is -4.35. The molecule has 1 aromatic heterocycles. The van der Waals surface area contributed by atoms with Crippen molar-refractivity contribution < 1.29 is 18.0 Å². The second kappa shape index (κ2) is 8.36. The van der Waals surface area contributed by atoms with Crippen LogP contribution in [0.5, 0.6) is 0 Å². The van der Waals surface area contributed by atoms with Crippen molar-refractivity contribution in [3.8, 4) is 0 Å². The zero-order valence-corrected chi connectivity index (χ0v) is 20.1. The Balaban J connectivity index is 1.43. The van der Waals surface area contributed by atoms with Crippen molar-refractivity contribution in [2.45, 2.75) is 17.4 Å². The standard InChI is InChI=1S/C26H20N4O6S/c31-23-24(32)28-21-13-16(9-10-20(21)27-23)37(35,36)30-12-11-15-5-1-2-6-17(15)22(30)14-29-25(33)18-7-3-4-8-19(18)26(29)34/h1-10,13,22H,11-12,14H2,(H,27,31)(H,28,32)/t22-/m1/s1. The van der Waals surface area contributed by atoms with E-state index in [0.717, 1.165) is 10.5 Å². The molecule has 2 aliphatic heterocycles. The number of hydrogen-bond acceptors (Lipinski definition) is 6. The third-order valence-corrected chi connectivity index (χ3v) is 8.80. The number of sulfonamides is 1. The molecule has 10 nitrogen and oxygen atoms in total. The molecule has 6 rings (SSSR count). The number of benzene rings is 3. The van der Waals surface area contributed by atoms with E-state index in [2.05, 4.69) is 9.97 Å². The lowest BCUT2D eigenvalue weighted by Crippen LogP contribution is -2.46. The van der Waals surface area contributed by atoms with Gasteiger partial charge in [-0.25, -0.2) is 8.42 Å². The van der Waals surface area contributed by atoms with Crippen molar-refractivity contribution in [1.82, 2.24) is 19.2 Å². The van der Waals surface area contributed by atoms with Gasteiger partial charge >= 0.3 is 11.1 Å². The molecule has 2 N–H and O–H groups in total. The monoisotopic (exact) mass is 516 g/mol. The number of nitrogens with zero attached hydrogens (tertiary/aromatic N) is 2. The highest BCUT2D eigenvalue weighted by Crippen LogP contribution is 2.36. The quantitative estimate of drug-likeness (QED) is 0.313. The van der Waals surface area contributed by atoms with E-state index in [-0.39, 0.29) is 29.0 Å². The SMILES string of the molecule is O=C1c2ccccc2C(=O)N1C[C@@H]1c2ccccc2CCN1S(=O)(=O)c1ccc2[nH]c(=O)c(=O)[nH]c2c1. The Labute approximate surface area is 210 Å². The van der Waals surface area contributed by atoms with Crippen LogP contribution in [0.4, 0.5) is 0 Å². The largest absolute Gasteiger partial charge is 0.316 e. The fourth-order valence-electron chi connectivity index (χ4n) is 5.07. The van der Waals surface area contributed by atoms with Gasteiger partial charge in [-0.1, -0.05) is 36.4 Å². The van der Waals surface area contributed by atoms with Gasteiger partial charge in [-0.3, -0.25) is 24.1 Å². The molecule has 2 amide bonds. The number of amides is 2. The van der Waals surface area contributed by atoms with E-state index in [1.165, 1.54) is 22.5 Å². The van der Waals surface area contributed by atoms with E-state index in [1.54, 1.807) is 30.3 Å². The topological polar surface area (TPSA) is 140 Å². The van der Waals surface area contributed by atoms with Gasteiger partial charge in [0.25, 0.3) is 11.8 Å². The number of fused-ring (bicyclic) bond motifs is 3. The summed E-state index contributed by atoms with van der Waals surface area (Å²) in [6.07, 6.45) is 0.450. The molecule has 186 valence electrons. The zero-order valence-electron chi connectivity index (χ0n) is 19.3. The summed E-state index contributed by atoms with van der Waals surface area (Å²) in [5, 5.41) is 0. The number of imide groups is 1. The molecule has 2 aliphatic rings. The van der Waals surface area contributed by atoms with Crippen LogP contribution in [0.25, 0.3) is 11.0 Å². The van der Waals surface area contributed by atoms with Gasteiger partial charge in [0.15, 0.2) is 0 Å². The smallest absolute Gasteiger partial charge is 0.314 e. The number of carbonyl (C=O) groups is 2. The van der Waals surface area contributed by atoms with Crippen molar-refractivity contribution in [1.29, 1.82) is 0 Å². The predicted molar refractivity (Wildman–Crippen MR) is 134 cm³/mol. The molecule has 0 unspecified atom stereocenters. The summed E-state index contributed by atoms with van der Waals surface area (Å²) < 4.78 is 29.2. The molecule has 0 saturated heterocycles. The summed E-state index contributed by atoms with van der Waals surface area (Å²) in [6, 6.07) is 17.1. The second-order valence-electron chi connectivity index (χ2n) is 8.96. The lowest BCUT2D eigenvalue weighted by atomic mass is 9.94. The minimum atomic E-state index is -4.14. The zero-order chi connectivity index (χ0) is 25.9. The van der Waals surface area contributed by atoms with Gasteiger partial charge in [0.05, 0.1) is 39.6 Å². The van der Waals surface area contributed by atoms with Gasteiger partial charge in [-0.15, -0.1) is 0 Å². The van der Waals surface area contributed by atoms with Crippen LogP contribution in [0.2, 0.25) is 0 Å². The van der Waals surface area contributed by atoms with Crippen molar-refractivity contribution >= 4 is 32.9 Å². The fourth-order valence-corrected chi connectivity index (χ4v) is 6.70. The molecule has 0 radical (unpaired) electrons. The van der Waals surface area contributed by atoms with Crippen LogP contribution in [0.3, 0.4) is 0 Å². The highest BCUT2D eigenvalue weighted by atomic mass is 32.2. The maximum atomic E-state index is 13.9. The molecular weight excluding hydrogens is 496 g/mol. The first-order valence-electron chi connectivity index (χ1n) is 11.6. The van der Waals surface area contributed by atoms with Gasteiger partial charge in [-0.2, -0.15) is 4.31 Å². The normalized spacial score (nSPS) is 17.7. The Morgan fingerprint density at radius 2 is 1.41 bits per heavy atom. The van der Waals surface area contributed by atoms with Crippen LogP contribution >= 0.6 is 0 Å². The number of rotatable bonds is 4. The lowest BCUT2D eigenvalue weighted by Gasteiger charge is -2.37. The second-order valence-corrected chi connectivity index (χ2v) is 10.9. The summed E-state index contributed by atoms with van der Waals surface area (Å²) in [4.78, 5) is 55.5. The van der Waals surface area contributed by atoms with Crippen molar-refractivity contribution in [3.63, 3.8) is 0 Å². The molecule has 0 saturated carbocycles. The minimum Gasteiger partial charge on any atom is -0.316 e. The molecular formula is C26H20N4O6S. The summed E-state index contributed by atoms with van der Waals surface area (Å²) >= 11 is 0. The van der Waals surface area contributed by atoms with Gasteiger partial charge in [0.1, 0.15) is 0 Å². The van der Waals surface area contributed by atoms with Gasteiger partial charge in [0.2, 0.25) is 10.0 Å². The molecule has 0 spiro atoms. The number of aromatic nitrogens is 2. The first-order valence-corrected chi connectivity index (χ1v) is 13.0. The van der Waals surface area contributed by atoms with E-state index in [4.69, 9.17) is 0 Å². The van der Waals surface area contributed by atoms with Crippen LogP contribution in [-0.2, 0) is 16.4 Å². The lowest BCUT2D eigenvalue weighted by molar-refractivity contribution is 0.0616. The number of carbonyl (C=O) groups excluding carboxylic acids is 2. The average molecular weight is 517 g/mol. The summed E-state index contributed by atoms with van der Waals surface area (Å²) in [5.74, 6) is -0.929. The molecule has 4 aromatic rings. The molecule has 0 aliphatic carbocycles. The summed E-state index contributed by atoms with van der Waals surface area (Å²) in [5.41, 5.74) is 0.963. The van der Waals surface area contributed by atoms with Gasteiger partial charge in [-0.05, 0) is 47.9 Å². The first kappa shape index (κ1) is 23.1. The maximum absolute atomic E-state index is 13.9. The van der Waals surface area contributed by atoms with Gasteiger partial charge < -0.3 is 9.97 Å². The number of H-pyrrole nitrogens is 2. The highest BCUT2D eigenvalue weighted by molar-refractivity contribution is 7.89. The van der Waals surface area contributed by atoms with Crippen LogP contribution < -0.4 is 11.1 Å². The van der Waals surface area contributed by atoms with Crippen molar-refractivity contribution in [2.75, 3.05) is 13.1 Å². The average Bonchev–Trinajstić information content (AvgIpc) is 3.14. The summed E-state index contributed by atoms with van der Waals surface area (Å²) in [7, 11) is -4.14. The molecule has 1 atom stereocenters. The third-order valence-electron chi connectivity index (χ3n) is 6.90. The number of hydrogen-bond donors (Lipinski definition) is 2. The van der Waals surface area contributed by atoms with E-state index < -0.39 is 39.0 Å². The Kier molecular flexibility index (Phi) is 5.21. The van der Waals surface area contributed by atoms with Crippen LogP contribution in [0.15, 0.2) is 81.2 Å². The molecule has 11 heteroatoms. The van der Waals surface area contributed by atoms with Crippen LogP contribution in [0, 0.1) is 0 Å².